The Morgan fingerprint density at radius 2 is 2.16 bits per heavy atom. The maximum Gasteiger partial charge on any atom is 0.310 e. The van der Waals surface area contributed by atoms with Crippen LogP contribution in [0.5, 0.6) is 5.75 Å². The number of benzene rings is 1. The molecule has 1 aromatic rings. The van der Waals surface area contributed by atoms with Gasteiger partial charge in [-0.1, -0.05) is 12.1 Å². The maximum absolute atomic E-state index is 11.4. The van der Waals surface area contributed by atoms with E-state index in [0.717, 1.165) is 6.42 Å². The number of amides is 1. The lowest BCUT2D eigenvalue weighted by Gasteiger charge is -2.07. The van der Waals surface area contributed by atoms with Crippen molar-refractivity contribution in [2.24, 2.45) is 5.73 Å². The molecule has 0 atom stereocenters. The maximum atomic E-state index is 11.4. The normalized spacial score (nSPS) is 9.95. The fraction of sp³-hybridized carbons (Fsp3) is 0.417. The molecular formula is C12H17N3O4. The van der Waals surface area contributed by atoms with Crippen LogP contribution in [-0.2, 0) is 4.79 Å². The lowest BCUT2D eigenvalue weighted by molar-refractivity contribution is -0.385. The highest BCUT2D eigenvalue weighted by Gasteiger charge is 2.13. The molecule has 0 saturated heterocycles. The van der Waals surface area contributed by atoms with Gasteiger partial charge in [-0.25, -0.2) is 0 Å². The van der Waals surface area contributed by atoms with Crippen molar-refractivity contribution < 1.29 is 14.5 Å². The van der Waals surface area contributed by atoms with Crippen LogP contribution < -0.4 is 15.8 Å². The van der Waals surface area contributed by atoms with Crippen LogP contribution in [0.3, 0.4) is 0 Å². The number of nitrogens with zero attached hydrogens (tertiary/aromatic N) is 1. The molecule has 7 heteroatoms. The molecule has 0 radical (unpaired) electrons. The summed E-state index contributed by atoms with van der Waals surface area (Å²) in [5.74, 6) is 0.00860. The predicted octanol–water partition coefficient (Wildman–Crippen LogP) is 0.829. The van der Waals surface area contributed by atoms with Gasteiger partial charge < -0.3 is 15.8 Å². The van der Waals surface area contributed by atoms with E-state index in [0.29, 0.717) is 13.1 Å². The second-order valence-electron chi connectivity index (χ2n) is 3.82. The lowest BCUT2D eigenvalue weighted by atomic mass is 10.3. The molecule has 1 rings (SSSR count). The Kier molecular flexibility index (Phi) is 6.31. The smallest absolute Gasteiger partial charge is 0.310 e. The SMILES string of the molecule is NCCCNC(=O)CCOc1ccccc1[N+](=O)[O-]. The van der Waals surface area contributed by atoms with Crippen molar-refractivity contribution in [3.05, 3.63) is 34.4 Å². The molecule has 0 fully saturated rings. The van der Waals surface area contributed by atoms with Gasteiger partial charge in [0.25, 0.3) is 0 Å². The van der Waals surface area contributed by atoms with Gasteiger partial charge in [0.1, 0.15) is 0 Å². The molecule has 3 N–H and O–H groups in total. The van der Waals surface area contributed by atoms with Crippen LogP contribution in [0, 0.1) is 10.1 Å². The number of nitro benzene ring substituents is 1. The van der Waals surface area contributed by atoms with Gasteiger partial charge in [0.2, 0.25) is 5.91 Å². The minimum atomic E-state index is -0.517. The molecule has 0 saturated carbocycles. The van der Waals surface area contributed by atoms with E-state index in [1.807, 2.05) is 0 Å². The van der Waals surface area contributed by atoms with E-state index in [1.54, 1.807) is 12.1 Å². The first-order valence-corrected chi connectivity index (χ1v) is 5.98. The third-order valence-electron chi connectivity index (χ3n) is 2.35. The van der Waals surface area contributed by atoms with Crippen LogP contribution in [0.15, 0.2) is 24.3 Å². The van der Waals surface area contributed by atoms with Crippen LogP contribution in [0.25, 0.3) is 0 Å². The van der Waals surface area contributed by atoms with E-state index >= 15 is 0 Å². The Labute approximate surface area is 110 Å². The predicted molar refractivity (Wildman–Crippen MR) is 69.9 cm³/mol. The molecule has 0 heterocycles. The van der Waals surface area contributed by atoms with Crippen molar-refractivity contribution in [3.8, 4) is 5.75 Å². The first kappa shape index (κ1) is 14.9. The first-order valence-electron chi connectivity index (χ1n) is 5.98. The molecule has 0 aliphatic rings. The fourth-order valence-electron chi connectivity index (χ4n) is 1.40. The van der Waals surface area contributed by atoms with E-state index in [2.05, 4.69) is 5.32 Å². The zero-order chi connectivity index (χ0) is 14.1. The summed E-state index contributed by atoms with van der Waals surface area (Å²) in [5, 5.41) is 13.4. The van der Waals surface area contributed by atoms with Crippen molar-refractivity contribution in [2.45, 2.75) is 12.8 Å². The van der Waals surface area contributed by atoms with Gasteiger partial charge in [0, 0.05) is 12.6 Å². The molecule has 19 heavy (non-hydrogen) atoms. The summed E-state index contributed by atoms with van der Waals surface area (Å²) in [5.41, 5.74) is 5.19. The number of hydrogen-bond acceptors (Lipinski definition) is 5. The summed E-state index contributed by atoms with van der Waals surface area (Å²) >= 11 is 0. The third kappa shape index (κ3) is 5.35. The van der Waals surface area contributed by atoms with Crippen molar-refractivity contribution in [1.29, 1.82) is 0 Å². The molecule has 0 unspecified atom stereocenters. The van der Waals surface area contributed by atoms with Crippen molar-refractivity contribution in [3.63, 3.8) is 0 Å². The summed E-state index contributed by atoms with van der Waals surface area (Å²) in [6.07, 6.45) is 0.868. The average molecular weight is 267 g/mol. The van der Waals surface area contributed by atoms with Crippen LogP contribution in [-0.4, -0.2) is 30.5 Å². The van der Waals surface area contributed by atoms with Gasteiger partial charge in [-0.3, -0.25) is 14.9 Å². The van der Waals surface area contributed by atoms with Gasteiger partial charge in [-0.15, -0.1) is 0 Å². The van der Waals surface area contributed by atoms with E-state index in [9.17, 15) is 14.9 Å². The zero-order valence-corrected chi connectivity index (χ0v) is 10.5. The fourth-order valence-corrected chi connectivity index (χ4v) is 1.40. The molecule has 0 aliphatic heterocycles. The van der Waals surface area contributed by atoms with Gasteiger partial charge in [-0.2, -0.15) is 0 Å². The average Bonchev–Trinajstić information content (AvgIpc) is 2.39. The van der Waals surface area contributed by atoms with E-state index in [1.165, 1.54) is 12.1 Å². The number of carbonyl (C=O) groups excluding carboxylic acids is 1. The summed E-state index contributed by atoms with van der Waals surface area (Å²) < 4.78 is 5.25. The number of rotatable bonds is 8. The van der Waals surface area contributed by atoms with E-state index < -0.39 is 4.92 Å². The number of ether oxygens (including phenoxy) is 1. The third-order valence-corrected chi connectivity index (χ3v) is 2.35. The van der Waals surface area contributed by atoms with Crippen molar-refractivity contribution in [2.75, 3.05) is 19.7 Å². The molecule has 1 amide bonds. The van der Waals surface area contributed by atoms with Gasteiger partial charge in [0.15, 0.2) is 5.75 Å². The highest BCUT2D eigenvalue weighted by atomic mass is 16.6. The number of hydrogen-bond donors (Lipinski definition) is 2. The molecule has 0 aliphatic carbocycles. The number of para-hydroxylation sites is 2. The molecule has 1 aromatic carbocycles. The quantitative estimate of drug-likeness (QED) is 0.412. The Morgan fingerprint density at radius 1 is 1.42 bits per heavy atom. The highest BCUT2D eigenvalue weighted by Crippen LogP contribution is 2.25. The summed E-state index contributed by atoms with van der Waals surface area (Å²) in [4.78, 5) is 21.6. The number of nitrogens with two attached hydrogens (primary N) is 1. The topological polar surface area (TPSA) is 107 Å². The van der Waals surface area contributed by atoms with Gasteiger partial charge in [-0.05, 0) is 19.0 Å². The standard InChI is InChI=1S/C12H17N3O4/c13-7-3-8-14-12(16)6-9-19-11-5-2-1-4-10(11)15(17)18/h1-2,4-5H,3,6-9,13H2,(H,14,16). The van der Waals surface area contributed by atoms with Crippen molar-refractivity contribution in [1.82, 2.24) is 5.32 Å². The molecule has 7 nitrogen and oxygen atoms in total. The molecule has 0 spiro atoms. The van der Waals surface area contributed by atoms with Crippen LogP contribution >= 0.6 is 0 Å². The summed E-state index contributed by atoms with van der Waals surface area (Å²) in [6, 6.07) is 6.06. The Hall–Kier alpha value is -2.15. The number of carbonyl (C=O) groups is 1. The van der Waals surface area contributed by atoms with Crippen LogP contribution in [0.2, 0.25) is 0 Å². The zero-order valence-electron chi connectivity index (χ0n) is 10.5. The van der Waals surface area contributed by atoms with Crippen molar-refractivity contribution >= 4 is 11.6 Å². The largest absolute Gasteiger partial charge is 0.486 e. The Morgan fingerprint density at radius 3 is 2.84 bits per heavy atom. The Bertz CT molecular complexity index is 437. The Balaban J connectivity index is 2.37. The highest BCUT2D eigenvalue weighted by molar-refractivity contribution is 5.75. The van der Waals surface area contributed by atoms with Crippen LogP contribution in [0.4, 0.5) is 5.69 Å². The second-order valence-corrected chi connectivity index (χ2v) is 3.82. The second kappa shape index (κ2) is 8.04. The first-order chi connectivity index (χ1) is 9.15. The van der Waals surface area contributed by atoms with E-state index in [4.69, 9.17) is 10.5 Å². The monoisotopic (exact) mass is 267 g/mol. The summed E-state index contributed by atoms with van der Waals surface area (Å²) in [7, 11) is 0. The van der Waals surface area contributed by atoms with Gasteiger partial charge in [0.05, 0.1) is 18.0 Å². The summed E-state index contributed by atoms with van der Waals surface area (Å²) in [6.45, 7) is 1.15. The minimum absolute atomic E-state index is 0.0965. The molecule has 0 aromatic heterocycles. The minimum Gasteiger partial charge on any atom is -0.486 e. The van der Waals surface area contributed by atoms with Crippen LogP contribution in [0.1, 0.15) is 12.8 Å². The number of nitro groups is 1. The van der Waals surface area contributed by atoms with E-state index in [-0.39, 0.29) is 30.4 Å². The molecule has 104 valence electrons. The van der Waals surface area contributed by atoms with Gasteiger partial charge >= 0.3 is 5.69 Å². The molecule has 0 bridgehead atoms. The lowest BCUT2D eigenvalue weighted by Crippen LogP contribution is -2.27. The number of nitrogens with one attached hydrogen (secondary N) is 1. The molecular weight excluding hydrogens is 250 g/mol.